The van der Waals surface area contributed by atoms with Crippen molar-refractivity contribution in [2.45, 2.75) is 31.5 Å². The van der Waals surface area contributed by atoms with Crippen molar-refractivity contribution in [2.75, 3.05) is 17.3 Å². The summed E-state index contributed by atoms with van der Waals surface area (Å²) in [5.74, 6) is 0.184. The Labute approximate surface area is 211 Å². The van der Waals surface area contributed by atoms with E-state index in [4.69, 9.17) is 10.5 Å². The molecule has 4 N–H and O–H groups in total. The molecule has 2 aromatic carbocycles. The van der Waals surface area contributed by atoms with Crippen molar-refractivity contribution in [3.63, 3.8) is 0 Å². The van der Waals surface area contributed by atoms with Crippen LogP contribution in [0.15, 0.2) is 59.8 Å². The molecule has 4 rings (SSSR count). The molecule has 0 atom stereocenters. The van der Waals surface area contributed by atoms with E-state index in [9.17, 15) is 9.59 Å². The van der Waals surface area contributed by atoms with E-state index in [2.05, 4.69) is 20.6 Å². The van der Waals surface area contributed by atoms with Crippen molar-refractivity contribution in [3.8, 4) is 17.0 Å². The predicted octanol–water partition coefficient (Wildman–Crippen LogP) is 5.80. The van der Waals surface area contributed by atoms with E-state index in [0.717, 1.165) is 5.56 Å². The van der Waals surface area contributed by atoms with Gasteiger partial charge < -0.3 is 15.8 Å². The lowest BCUT2D eigenvalue weighted by Gasteiger charge is -2.20. The quantitative estimate of drug-likeness (QED) is 0.231. The number of rotatable bonds is 5. The topological polar surface area (TPSA) is 119 Å². The van der Waals surface area contributed by atoms with E-state index in [1.54, 1.807) is 42.5 Å². The summed E-state index contributed by atoms with van der Waals surface area (Å²) in [6.07, 6.45) is 1.27. The number of aromatic nitrogens is 2. The first kappa shape index (κ1) is 24.5. The number of nitrogens with zero attached hydrogens (tertiary/aromatic N) is 2. The average Bonchev–Trinajstić information content (AvgIpc) is 3.14. The van der Waals surface area contributed by atoms with Crippen LogP contribution in [0.1, 0.15) is 30.4 Å². The third kappa shape index (κ3) is 5.72. The number of benzene rings is 2. The van der Waals surface area contributed by atoms with Gasteiger partial charge in [-0.3, -0.25) is 10.1 Å². The predicted molar refractivity (Wildman–Crippen MR) is 142 cm³/mol. The zero-order valence-electron chi connectivity index (χ0n) is 19.7. The molecule has 8 nitrogen and oxygen atoms in total. The van der Waals surface area contributed by atoms with Crippen molar-refractivity contribution in [2.24, 2.45) is 0 Å². The fourth-order valence-electron chi connectivity index (χ4n) is 3.35. The summed E-state index contributed by atoms with van der Waals surface area (Å²) in [6.45, 7) is 5.73. The van der Waals surface area contributed by atoms with Crippen LogP contribution in [0.2, 0.25) is 0 Å². The minimum absolute atomic E-state index is 0.256. The molecule has 0 radical (unpaired) electrons. The van der Waals surface area contributed by atoms with Crippen LogP contribution in [0.4, 0.5) is 16.2 Å². The molecule has 0 unspecified atom stereocenters. The number of hydrogen-bond acceptors (Lipinski definition) is 8. The van der Waals surface area contributed by atoms with Gasteiger partial charge in [-0.2, -0.15) is 0 Å². The second-order valence-electron chi connectivity index (χ2n) is 8.70. The van der Waals surface area contributed by atoms with Gasteiger partial charge in [-0.1, -0.05) is 42.1 Å². The Morgan fingerprint density at radius 3 is 2.49 bits per heavy atom. The van der Waals surface area contributed by atoms with Gasteiger partial charge in [-0.25, -0.2) is 14.8 Å². The fraction of sp³-hybridized carbons (Fsp3) is 0.200. The number of anilines is 2. The number of para-hydroxylation sites is 1. The summed E-state index contributed by atoms with van der Waals surface area (Å²) in [7, 11) is 0. The maximum atomic E-state index is 12.9. The minimum Gasteiger partial charge on any atom is -0.410 e. The molecule has 4 aromatic rings. The normalized spacial score (nSPS) is 11.3. The summed E-state index contributed by atoms with van der Waals surface area (Å²) in [5, 5.41) is 6.85. The second-order valence-corrected chi connectivity index (χ2v) is 10.5. The third-order valence-electron chi connectivity index (χ3n) is 4.78. The molecule has 0 spiro atoms. The number of nitrogens with two attached hydrogens (primary N) is 1. The molecule has 0 bridgehead atoms. The summed E-state index contributed by atoms with van der Waals surface area (Å²) in [4.78, 5) is 35.5. The monoisotopic (exact) mass is 507 g/mol. The summed E-state index contributed by atoms with van der Waals surface area (Å²) in [6, 6.07) is 16.0. The number of hydrogen-bond donors (Lipinski definition) is 3. The average molecular weight is 508 g/mol. The molecule has 2 aromatic heterocycles. The van der Waals surface area contributed by atoms with Gasteiger partial charge in [-0.15, -0.1) is 11.3 Å². The standard InChI is InChI=1S/C25H25N5O3S2/c1-25(2,3)30-21(31)20-18(26)17-19(28-23(34-4)29-22(17)35-20)14-9-8-10-15(13-14)27-24(32)33-16-11-6-5-7-12-16/h5-13H,26H2,1-4H3,(H,27,32)(H,30,31). The van der Waals surface area contributed by atoms with Crippen LogP contribution >= 0.6 is 23.1 Å². The van der Waals surface area contributed by atoms with Gasteiger partial charge in [0, 0.05) is 16.8 Å². The van der Waals surface area contributed by atoms with Crippen molar-refractivity contribution in [1.29, 1.82) is 0 Å². The van der Waals surface area contributed by atoms with Crippen LogP contribution in [0, 0.1) is 0 Å². The number of carbonyl (C=O) groups excluding carboxylic acids is 2. The number of amides is 2. The van der Waals surface area contributed by atoms with E-state index in [1.165, 1.54) is 23.1 Å². The lowest BCUT2D eigenvalue weighted by molar-refractivity contribution is 0.0924. The van der Waals surface area contributed by atoms with E-state index in [-0.39, 0.29) is 5.91 Å². The molecular formula is C25H25N5O3S2. The summed E-state index contributed by atoms with van der Waals surface area (Å²) in [5.41, 5.74) is 8.22. The molecule has 0 aliphatic carbocycles. The van der Waals surface area contributed by atoms with Crippen molar-refractivity contribution < 1.29 is 14.3 Å². The Kier molecular flexibility index (Phi) is 6.95. The Bertz CT molecular complexity index is 1400. The van der Waals surface area contributed by atoms with Crippen LogP contribution in [0.25, 0.3) is 21.5 Å². The van der Waals surface area contributed by atoms with Gasteiger partial charge in [-0.05, 0) is 51.3 Å². The highest BCUT2D eigenvalue weighted by molar-refractivity contribution is 7.98. The molecule has 2 amide bonds. The smallest absolute Gasteiger partial charge is 0.410 e. The number of thiophene rings is 1. The molecule has 180 valence electrons. The molecule has 0 fully saturated rings. The first-order valence-corrected chi connectivity index (χ1v) is 12.8. The highest BCUT2D eigenvalue weighted by Gasteiger charge is 2.24. The molecule has 0 aliphatic rings. The van der Waals surface area contributed by atoms with E-state index >= 15 is 0 Å². The fourth-order valence-corrected chi connectivity index (χ4v) is 4.76. The number of fused-ring (bicyclic) bond motifs is 1. The lowest BCUT2D eigenvalue weighted by Crippen LogP contribution is -2.40. The molecular weight excluding hydrogens is 482 g/mol. The van der Waals surface area contributed by atoms with E-state index < -0.39 is 11.6 Å². The number of ether oxygens (including phenoxy) is 1. The van der Waals surface area contributed by atoms with Gasteiger partial charge in [0.25, 0.3) is 5.91 Å². The number of nitrogens with one attached hydrogen (secondary N) is 2. The van der Waals surface area contributed by atoms with Gasteiger partial charge in [0.15, 0.2) is 5.16 Å². The minimum atomic E-state index is -0.609. The molecule has 0 saturated heterocycles. The maximum Gasteiger partial charge on any atom is 0.417 e. The van der Waals surface area contributed by atoms with E-state index in [1.807, 2.05) is 39.2 Å². The summed E-state index contributed by atoms with van der Waals surface area (Å²) >= 11 is 2.63. The van der Waals surface area contributed by atoms with Crippen LogP contribution < -0.4 is 21.1 Å². The SMILES string of the molecule is CSc1nc(-c2cccc(NC(=O)Oc3ccccc3)c2)c2c(N)c(C(=O)NC(C)(C)C)sc2n1. The Morgan fingerprint density at radius 1 is 1.06 bits per heavy atom. The molecule has 0 aliphatic heterocycles. The summed E-state index contributed by atoms with van der Waals surface area (Å²) < 4.78 is 5.32. The number of carbonyl (C=O) groups is 2. The number of thioether (sulfide) groups is 1. The largest absolute Gasteiger partial charge is 0.417 e. The van der Waals surface area contributed by atoms with Crippen molar-refractivity contribution in [1.82, 2.24) is 15.3 Å². The molecule has 0 saturated carbocycles. The lowest BCUT2D eigenvalue weighted by atomic mass is 10.1. The molecule has 10 heteroatoms. The first-order valence-electron chi connectivity index (χ1n) is 10.8. The molecule has 35 heavy (non-hydrogen) atoms. The maximum absolute atomic E-state index is 12.9. The zero-order valence-corrected chi connectivity index (χ0v) is 21.3. The van der Waals surface area contributed by atoms with Crippen LogP contribution in [0.5, 0.6) is 5.75 Å². The Morgan fingerprint density at radius 2 is 1.80 bits per heavy atom. The Hall–Kier alpha value is -3.63. The van der Waals surface area contributed by atoms with Crippen molar-refractivity contribution >= 4 is 56.7 Å². The van der Waals surface area contributed by atoms with Gasteiger partial charge in [0.05, 0.1) is 16.8 Å². The third-order valence-corrected chi connectivity index (χ3v) is 6.43. The highest BCUT2D eigenvalue weighted by atomic mass is 32.2. The highest BCUT2D eigenvalue weighted by Crippen LogP contribution is 2.40. The first-order chi connectivity index (χ1) is 16.6. The van der Waals surface area contributed by atoms with Crippen LogP contribution in [-0.2, 0) is 0 Å². The van der Waals surface area contributed by atoms with Crippen LogP contribution in [-0.4, -0.2) is 33.8 Å². The van der Waals surface area contributed by atoms with Gasteiger partial charge in [0.2, 0.25) is 0 Å². The van der Waals surface area contributed by atoms with Crippen molar-refractivity contribution in [3.05, 3.63) is 59.5 Å². The number of nitrogen functional groups attached to an aromatic ring is 1. The Balaban J connectivity index is 1.71. The van der Waals surface area contributed by atoms with Gasteiger partial charge in [0.1, 0.15) is 15.5 Å². The zero-order chi connectivity index (χ0) is 25.2. The van der Waals surface area contributed by atoms with E-state index in [0.29, 0.717) is 43.1 Å². The molecule has 2 heterocycles. The van der Waals surface area contributed by atoms with Crippen LogP contribution in [0.3, 0.4) is 0 Å². The second kappa shape index (κ2) is 9.93. The van der Waals surface area contributed by atoms with Gasteiger partial charge >= 0.3 is 6.09 Å².